The molecule has 0 N–H and O–H groups in total. The van der Waals surface area contributed by atoms with Crippen LogP contribution in [0.1, 0.15) is 9.67 Å². The molecule has 23 heavy (non-hydrogen) atoms. The molecule has 1 aromatic carbocycles. The van der Waals surface area contributed by atoms with E-state index in [1.165, 1.54) is 11.3 Å². The van der Waals surface area contributed by atoms with E-state index in [0.717, 1.165) is 16.7 Å². The largest absolute Gasteiger partial charge is 0.493 e. The van der Waals surface area contributed by atoms with Gasteiger partial charge in [0.1, 0.15) is 18.1 Å². The third-order valence-electron chi connectivity index (χ3n) is 3.46. The zero-order chi connectivity index (χ0) is 16.4. The summed E-state index contributed by atoms with van der Waals surface area (Å²) in [5, 5.41) is 0. The molecule has 1 aliphatic rings. The highest BCUT2D eigenvalue weighted by atomic mass is 32.1. The van der Waals surface area contributed by atoms with Crippen molar-refractivity contribution < 1.29 is 28.5 Å². The highest BCUT2D eigenvalue weighted by molar-refractivity contribution is 7.18. The molecule has 2 heterocycles. The predicted octanol–water partition coefficient (Wildman–Crippen LogP) is 3.02. The monoisotopic (exact) mass is 336 g/mol. The molecular weight excluding hydrogens is 320 g/mol. The van der Waals surface area contributed by atoms with Crippen LogP contribution in [0.3, 0.4) is 0 Å². The molecule has 3 rings (SSSR count). The third kappa shape index (κ3) is 2.57. The Kier molecular flexibility index (Phi) is 4.29. The van der Waals surface area contributed by atoms with Crippen molar-refractivity contribution in [3.63, 3.8) is 0 Å². The summed E-state index contributed by atoms with van der Waals surface area (Å²) < 4.78 is 27.4. The summed E-state index contributed by atoms with van der Waals surface area (Å²) in [5.41, 5.74) is 0.805. The summed E-state index contributed by atoms with van der Waals surface area (Å²) in [6.45, 7) is 0.874. The molecule has 0 amide bonds. The average Bonchev–Trinajstić information content (AvgIpc) is 2.99. The second kappa shape index (κ2) is 6.37. The Bertz CT molecular complexity index is 711. The van der Waals surface area contributed by atoms with Crippen molar-refractivity contribution in [2.75, 3.05) is 34.5 Å². The Morgan fingerprint density at radius 1 is 1.00 bits per heavy atom. The van der Waals surface area contributed by atoms with Gasteiger partial charge in [-0.25, -0.2) is 0 Å². The van der Waals surface area contributed by atoms with Crippen molar-refractivity contribution in [2.24, 2.45) is 0 Å². The molecule has 2 aromatic rings. The maximum Gasteiger partial charge on any atom is 0.203 e. The lowest BCUT2D eigenvalue weighted by Gasteiger charge is -2.17. The summed E-state index contributed by atoms with van der Waals surface area (Å²) >= 11 is 1.31. The van der Waals surface area contributed by atoms with Crippen molar-refractivity contribution >= 4 is 17.6 Å². The number of carbonyl (C=O) groups excluding carboxylic acids is 1. The summed E-state index contributed by atoms with van der Waals surface area (Å²) in [4.78, 5) is 12.6. The fourth-order valence-corrected chi connectivity index (χ4v) is 3.45. The van der Waals surface area contributed by atoms with E-state index >= 15 is 0 Å². The first-order valence-electron chi connectivity index (χ1n) is 6.91. The first-order chi connectivity index (χ1) is 11.2. The van der Waals surface area contributed by atoms with Gasteiger partial charge in [0.05, 0.1) is 26.2 Å². The zero-order valence-corrected chi connectivity index (χ0v) is 13.8. The molecule has 122 valence electrons. The van der Waals surface area contributed by atoms with Gasteiger partial charge in [-0.1, -0.05) is 0 Å². The van der Waals surface area contributed by atoms with Gasteiger partial charge in [0, 0.05) is 5.56 Å². The molecule has 0 saturated carbocycles. The van der Waals surface area contributed by atoms with Crippen molar-refractivity contribution in [2.45, 2.75) is 0 Å². The van der Waals surface area contributed by atoms with Crippen LogP contribution in [0.5, 0.6) is 28.7 Å². The summed E-state index contributed by atoms with van der Waals surface area (Å²) in [5.74, 6) is 2.66. The number of fused-ring (bicyclic) bond motifs is 1. The molecule has 0 spiro atoms. The summed E-state index contributed by atoms with van der Waals surface area (Å²) in [6.07, 6.45) is 0.777. The van der Waals surface area contributed by atoms with Gasteiger partial charge in [0.15, 0.2) is 29.3 Å². The number of thiophene rings is 1. The van der Waals surface area contributed by atoms with E-state index < -0.39 is 0 Å². The van der Waals surface area contributed by atoms with Crippen molar-refractivity contribution in [3.8, 4) is 39.2 Å². The van der Waals surface area contributed by atoms with Gasteiger partial charge in [-0.2, -0.15) is 0 Å². The molecule has 6 nitrogen and oxygen atoms in total. The van der Waals surface area contributed by atoms with Gasteiger partial charge in [0.25, 0.3) is 0 Å². The van der Waals surface area contributed by atoms with Crippen LogP contribution in [0.25, 0.3) is 10.4 Å². The van der Waals surface area contributed by atoms with Crippen molar-refractivity contribution in [1.29, 1.82) is 0 Å². The van der Waals surface area contributed by atoms with Crippen LogP contribution in [0.2, 0.25) is 0 Å². The molecular formula is C16H16O6S. The molecule has 0 radical (unpaired) electrons. The molecule has 0 fully saturated rings. The quantitative estimate of drug-likeness (QED) is 0.782. The molecule has 1 aromatic heterocycles. The average molecular weight is 336 g/mol. The van der Waals surface area contributed by atoms with Gasteiger partial charge < -0.3 is 23.7 Å². The minimum atomic E-state index is 0.430. The molecule has 7 heteroatoms. The van der Waals surface area contributed by atoms with Crippen molar-refractivity contribution in [1.82, 2.24) is 0 Å². The lowest BCUT2D eigenvalue weighted by Crippen LogP contribution is -2.15. The third-order valence-corrected chi connectivity index (χ3v) is 4.59. The van der Waals surface area contributed by atoms with Crippen LogP contribution in [0.15, 0.2) is 12.1 Å². The first-order valence-corrected chi connectivity index (χ1v) is 7.73. The van der Waals surface area contributed by atoms with Crippen LogP contribution in [0, 0.1) is 0 Å². The lowest BCUT2D eigenvalue weighted by molar-refractivity contribution is 0.111. The van der Waals surface area contributed by atoms with Crippen LogP contribution in [-0.4, -0.2) is 40.8 Å². The minimum absolute atomic E-state index is 0.430. The first kappa shape index (κ1) is 15.5. The van der Waals surface area contributed by atoms with E-state index in [1.54, 1.807) is 21.3 Å². The number of hydrogen-bond donors (Lipinski definition) is 0. The Morgan fingerprint density at radius 2 is 1.61 bits per heavy atom. The molecule has 0 aliphatic carbocycles. The van der Waals surface area contributed by atoms with E-state index in [2.05, 4.69) is 0 Å². The molecule has 0 bridgehead atoms. The van der Waals surface area contributed by atoms with Crippen LogP contribution < -0.4 is 23.7 Å². The van der Waals surface area contributed by atoms with Crippen molar-refractivity contribution in [3.05, 3.63) is 17.0 Å². The van der Waals surface area contributed by atoms with E-state index in [-0.39, 0.29) is 0 Å². The Balaban J connectivity index is 2.19. The van der Waals surface area contributed by atoms with E-state index in [4.69, 9.17) is 23.7 Å². The summed E-state index contributed by atoms with van der Waals surface area (Å²) in [6, 6.07) is 3.64. The predicted molar refractivity (Wildman–Crippen MR) is 85.8 cm³/mol. The summed E-state index contributed by atoms with van der Waals surface area (Å²) in [7, 11) is 4.66. The second-order valence-corrected chi connectivity index (χ2v) is 5.73. The van der Waals surface area contributed by atoms with E-state index in [9.17, 15) is 4.79 Å². The Labute approximate surface area is 137 Å². The van der Waals surface area contributed by atoms with E-state index in [0.29, 0.717) is 46.8 Å². The maximum atomic E-state index is 11.3. The SMILES string of the molecule is COc1cc(-c2sc(C=O)c3c2OCCO3)cc(OC)c1OC. The molecule has 0 unspecified atom stereocenters. The smallest absolute Gasteiger partial charge is 0.203 e. The number of hydrogen-bond acceptors (Lipinski definition) is 7. The van der Waals surface area contributed by atoms with Crippen LogP contribution in [-0.2, 0) is 0 Å². The zero-order valence-electron chi connectivity index (χ0n) is 13.0. The van der Waals surface area contributed by atoms with Crippen LogP contribution in [0.4, 0.5) is 0 Å². The second-order valence-electron chi connectivity index (χ2n) is 4.68. The topological polar surface area (TPSA) is 63.2 Å². The number of ether oxygens (including phenoxy) is 5. The van der Waals surface area contributed by atoms with Crippen LogP contribution >= 0.6 is 11.3 Å². The Morgan fingerprint density at radius 3 is 2.13 bits per heavy atom. The number of methoxy groups -OCH3 is 3. The fourth-order valence-electron chi connectivity index (χ4n) is 2.45. The normalized spacial score (nSPS) is 12.7. The van der Waals surface area contributed by atoms with Gasteiger partial charge in [-0.3, -0.25) is 4.79 Å². The standard InChI is InChI=1S/C16H16O6S/c1-18-10-6-9(7-11(19-2)13(10)20-3)16-15-14(12(8-17)23-16)21-4-5-22-15/h6-8H,4-5H2,1-3H3. The molecule has 1 aliphatic heterocycles. The molecule has 0 saturated heterocycles. The molecule has 0 atom stereocenters. The lowest BCUT2D eigenvalue weighted by atomic mass is 10.1. The van der Waals surface area contributed by atoms with Gasteiger partial charge >= 0.3 is 0 Å². The number of aldehydes is 1. The highest BCUT2D eigenvalue weighted by Crippen LogP contribution is 2.51. The number of benzene rings is 1. The van der Waals surface area contributed by atoms with Gasteiger partial charge in [-0.05, 0) is 12.1 Å². The number of rotatable bonds is 5. The fraction of sp³-hybridized carbons (Fsp3) is 0.312. The maximum absolute atomic E-state index is 11.3. The minimum Gasteiger partial charge on any atom is -0.493 e. The van der Waals surface area contributed by atoms with Gasteiger partial charge in [-0.15, -0.1) is 11.3 Å². The number of carbonyl (C=O) groups is 1. The Hall–Kier alpha value is -2.41. The van der Waals surface area contributed by atoms with Gasteiger partial charge in [0.2, 0.25) is 5.75 Å². The highest BCUT2D eigenvalue weighted by Gasteiger charge is 2.26. The van der Waals surface area contributed by atoms with E-state index in [1.807, 2.05) is 12.1 Å².